The summed E-state index contributed by atoms with van der Waals surface area (Å²) < 4.78 is 5.07. The van der Waals surface area contributed by atoms with Crippen LogP contribution in [0.15, 0.2) is 42.0 Å². The molecule has 8 nitrogen and oxygen atoms in total. The van der Waals surface area contributed by atoms with E-state index < -0.39 is 18.0 Å². The molecule has 0 unspecified atom stereocenters. The second kappa shape index (κ2) is 16.8. The number of alkyl carbamates (subject to hydrolysis) is 1. The number of carboxylic acid groups (broad SMARTS) is 2. The van der Waals surface area contributed by atoms with Crippen LogP contribution in [0.3, 0.4) is 0 Å². The Bertz CT molecular complexity index is 714. The molecule has 1 aromatic rings. The van der Waals surface area contributed by atoms with Gasteiger partial charge >= 0.3 is 18.0 Å². The molecule has 0 aliphatic rings. The minimum atomic E-state index is -0.892. The lowest BCUT2D eigenvalue weighted by Crippen LogP contribution is -2.30. The van der Waals surface area contributed by atoms with Gasteiger partial charge in [0.2, 0.25) is 0 Å². The first-order valence-corrected chi connectivity index (χ1v) is 10.8. The molecule has 0 saturated carbocycles. The van der Waals surface area contributed by atoms with Gasteiger partial charge < -0.3 is 26.0 Å². The van der Waals surface area contributed by atoms with Gasteiger partial charge in [0.25, 0.3) is 0 Å². The first-order chi connectivity index (χ1) is 15.0. The average Bonchev–Trinajstić information content (AvgIpc) is 2.69. The summed E-state index contributed by atoms with van der Waals surface area (Å²) in [5.41, 5.74) is 7.32. The van der Waals surface area contributed by atoms with Crippen LogP contribution >= 0.6 is 0 Å². The summed E-state index contributed by atoms with van der Waals surface area (Å²) >= 11 is 0. The Morgan fingerprint density at radius 1 is 1.06 bits per heavy atom. The van der Waals surface area contributed by atoms with Crippen LogP contribution < -0.4 is 11.1 Å². The molecule has 5 N–H and O–H groups in total. The molecule has 0 aliphatic carbocycles. The first-order valence-electron chi connectivity index (χ1n) is 10.8. The van der Waals surface area contributed by atoms with E-state index in [0.29, 0.717) is 12.5 Å². The summed E-state index contributed by atoms with van der Waals surface area (Å²) in [6.07, 6.45) is 2.38. The Hall–Kier alpha value is -2.87. The summed E-state index contributed by atoms with van der Waals surface area (Å²) in [7, 11) is 0. The van der Waals surface area contributed by atoms with Crippen LogP contribution in [-0.4, -0.2) is 41.3 Å². The normalized spacial score (nSPS) is 12.1. The molecule has 0 aliphatic heterocycles. The van der Waals surface area contributed by atoms with Crippen LogP contribution in [0, 0.1) is 17.8 Å². The third kappa shape index (κ3) is 16.9. The highest BCUT2D eigenvalue weighted by Gasteiger charge is 2.13. The van der Waals surface area contributed by atoms with Crippen molar-refractivity contribution >= 4 is 18.0 Å². The molecule has 8 heteroatoms. The highest BCUT2D eigenvalue weighted by atomic mass is 16.5. The summed E-state index contributed by atoms with van der Waals surface area (Å²) in [6.45, 7) is 8.84. The lowest BCUT2D eigenvalue weighted by molar-refractivity contribution is -0.139. The van der Waals surface area contributed by atoms with Crippen molar-refractivity contribution in [3.8, 4) is 0 Å². The SMILES string of the molecule is CC(C)=C[C@H](CNC(=O)OCc1ccccc1)CC(=O)O.CC(C)C[C@H](CN)CC(=O)O. The smallest absolute Gasteiger partial charge is 0.407 e. The molecule has 0 spiro atoms. The maximum Gasteiger partial charge on any atom is 0.407 e. The molecular weight excluding hydrogens is 412 g/mol. The molecule has 0 bridgehead atoms. The number of amides is 1. The molecule has 1 rings (SSSR count). The Morgan fingerprint density at radius 3 is 2.12 bits per heavy atom. The Balaban J connectivity index is 0.000000739. The van der Waals surface area contributed by atoms with Crippen LogP contribution in [0.4, 0.5) is 4.79 Å². The number of nitrogens with one attached hydrogen (secondary N) is 1. The highest BCUT2D eigenvalue weighted by molar-refractivity contribution is 5.69. The van der Waals surface area contributed by atoms with Gasteiger partial charge in [0, 0.05) is 18.9 Å². The number of rotatable bonds is 12. The van der Waals surface area contributed by atoms with Crippen molar-refractivity contribution in [2.24, 2.45) is 23.5 Å². The third-order valence-corrected chi connectivity index (χ3v) is 4.33. The number of aliphatic carboxylic acids is 2. The number of hydrogen-bond acceptors (Lipinski definition) is 5. The molecule has 0 aromatic heterocycles. The molecule has 2 atom stereocenters. The van der Waals surface area contributed by atoms with Crippen molar-refractivity contribution in [2.75, 3.05) is 13.1 Å². The van der Waals surface area contributed by atoms with Crippen molar-refractivity contribution < 1.29 is 29.3 Å². The lowest BCUT2D eigenvalue weighted by Gasteiger charge is -2.13. The summed E-state index contributed by atoms with van der Waals surface area (Å²) in [4.78, 5) is 32.7. The zero-order valence-electron chi connectivity index (χ0n) is 19.5. The van der Waals surface area contributed by atoms with E-state index in [9.17, 15) is 14.4 Å². The minimum absolute atomic E-state index is 0.0237. The number of hydrogen-bond donors (Lipinski definition) is 4. The summed E-state index contributed by atoms with van der Waals surface area (Å²) in [5, 5.41) is 19.9. The second-order valence-electron chi connectivity index (χ2n) is 8.37. The molecule has 0 fully saturated rings. The van der Waals surface area contributed by atoms with Gasteiger partial charge in [-0.25, -0.2) is 4.79 Å². The molecule has 0 heterocycles. The molecular formula is C24H38N2O6. The fraction of sp³-hybridized carbons (Fsp3) is 0.542. The van der Waals surface area contributed by atoms with Crippen molar-refractivity contribution in [2.45, 2.75) is 53.6 Å². The van der Waals surface area contributed by atoms with Gasteiger partial charge in [-0.1, -0.05) is 55.8 Å². The second-order valence-corrected chi connectivity index (χ2v) is 8.37. The molecule has 1 amide bonds. The Morgan fingerprint density at radius 2 is 1.66 bits per heavy atom. The Kier molecular flexibility index (Phi) is 15.3. The predicted molar refractivity (Wildman–Crippen MR) is 124 cm³/mol. The largest absolute Gasteiger partial charge is 0.481 e. The molecule has 180 valence electrons. The van der Waals surface area contributed by atoms with E-state index in [-0.39, 0.29) is 37.8 Å². The monoisotopic (exact) mass is 450 g/mol. The number of benzene rings is 1. The first kappa shape index (κ1) is 29.1. The van der Waals surface area contributed by atoms with Crippen LogP contribution in [0.2, 0.25) is 0 Å². The number of carboxylic acids is 2. The number of carbonyl (C=O) groups excluding carboxylic acids is 1. The van der Waals surface area contributed by atoms with Gasteiger partial charge in [-0.05, 0) is 44.2 Å². The van der Waals surface area contributed by atoms with E-state index in [1.54, 1.807) is 0 Å². The van der Waals surface area contributed by atoms with Crippen LogP contribution in [0.5, 0.6) is 0 Å². The minimum Gasteiger partial charge on any atom is -0.481 e. The van der Waals surface area contributed by atoms with Gasteiger partial charge in [0.05, 0.1) is 6.42 Å². The van der Waals surface area contributed by atoms with Gasteiger partial charge in [-0.2, -0.15) is 0 Å². The van der Waals surface area contributed by atoms with E-state index in [1.165, 1.54) is 0 Å². The maximum atomic E-state index is 11.6. The van der Waals surface area contributed by atoms with E-state index in [4.69, 9.17) is 20.7 Å². The molecule has 1 aromatic carbocycles. The van der Waals surface area contributed by atoms with E-state index in [1.807, 2.05) is 50.3 Å². The van der Waals surface area contributed by atoms with Crippen molar-refractivity contribution in [1.29, 1.82) is 0 Å². The van der Waals surface area contributed by atoms with Crippen molar-refractivity contribution in [1.82, 2.24) is 5.32 Å². The molecule has 0 radical (unpaired) electrons. The fourth-order valence-electron chi connectivity index (χ4n) is 3.05. The standard InChI is InChI=1S/C16H21NO4.C8H17NO2/c1-12(2)8-14(9-15(18)19)10-17-16(20)21-11-13-6-4-3-5-7-13;1-6(2)3-7(5-9)4-8(10)11/h3-8,14H,9-11H2,1-2H3,(H,17,20)(H,18,19);6-7H,3-5,9H2,1-2H3,(H,10,11)/t14-;7-/m00/s1. The fourth-order valence-corrected chi connectivity index (χ4v) is 3.05. The van der Waals surface area contributed by atoms with E-state index in [0.717, 1.165) is 17.6 Å². The van der Waals surface area contributed by atoms with Gasteiger partial charge in [0.15, 0.2) is 0 Å². The van der Waals surface area contributed by atoms with Crippen LogP contribution in [-0.2, 0) is 20.9 Å². The van der Waals surface area contributed by atoms with Gasteiger partial charge in [-0.15, -0.1) is 0 Å². The quantitative estimate of drug-likeness (QED) is 0.352. The number of ether oxygens (including phenoxy) is 1. The predicted octanol–water partition coefficient (Wildman–Crippen LogP) is 4.05. The Labute approximate surface area is 190 Å². The number of carbonyl (C=O) groups is 3. The van der Waals surface area contributed by atoms with Crippen LogP contribution in [0.1, 0.15) is 52.5 Å². The maximum absolute atomic E-state index is 11.6. The van der Waals surface area contributed by atoms with Crippen molar-refractivity contribution in [3.05, 3.63) is 47.5 Å². The van der Waals surface area contributed by atoms with Gasteiger partial charge in [-0.3, -0.25) is 9.59 Å². The number of allylic oxidation sites excluding steroid dienone is 1. The average molecular weight is 451 g/mol. The summed E-state index contributed by atoms with van der Waals surface area (Å²) in [5.74, 6) is -1.20. The van der Waals surface area contributed by atoms with Gasteiger partial charge in [0.1, 0.15) is 6.61 Å². The highest BCUT2D eigenvalue weighted by Crippen LogP contribution is 2.13. The molecule has 32 heavy (non-hydrogen) atoms. The topological polar surface area (TPSA) is 139 Å². The van der Waals surface area contributed by atoms with Crippen LogP contribution in [0.25, 0.3) is 0 Å². The number of nitrogens with two attached hydrogens (primary N) is 1. The third-order valence-electron chi connectivity index (χ3n) is 4.33. The molecule has 0 saturated heterocycles. The van der Waals surface area contributed by atoms with E-state index >= 15 is 0 Å². The van der Waals surface area contributed by atoms with E-state index in [2.05, 4.69) is 19.2 Å². The van der Waals surface area contributed by atoms with Crippen molar-refractivity contribution in [3.63, 3.8) is 0 Å². The zero-order chi connectivity index (χ0) is 24.5. The lowest BCUT2D eigenvalue weighted by atomic mass is 9.94. The zero-order valence-corrected chi connectivity index (χ0v) is 19.5. The summed E-state index contributed by atoms with van der Waals surface area (Å²) in [6, 6.07) is 9.36.